The van der Waals surface area contributed by atoms with Crippen LogP contribution in [0.1, 0.15) is 32.1 Å². The predicted octanol–water partition coefficient (Wildman–Crippen LogP) is 1.26. The van der Waals surface area contributed by atoms with Gasteiger partial charge in [-0.05, 0) is 44.7 Å². The van der Waals surface area contributed by atoms with Crippen LogP contribution in [0.4, 0.5) is 0 Å². The van der Waals surface area contributed by atoms with Gasteiger partial charge in [-0.1, -0.05) is 0 Å². The molecule has 3 rings (SSSR count). The lowest BCUT2D eigenvalue weighted by Gasteiger charge is -2.38. The van der Waals surface area contributed by atoms with Gasteiger partial charge in [0.15, 0.2) is 0 Å². The monoisotopic (exact) mass is 266 g/mol. The van der Waals surface area contributed by atoms with Crippen molar-refractivity contribution in [1.29, 1.82) is 0 Å². The lowest BCUT2D eigenvalue weighted by molar-refractivity contribution is -0.137. The zero-order valence-electron chi connectivity index (χ0n) is 11.9. The van der Waals surface area contributed by atoms with E-state index < -0.39 is 0 Å². The van der Waals surface area contributed by atoms with Gasteiger partial charge in [-0.2, -0.15) is 0 Å². The molecule has 1 aliphatic carbocycles. The van der Waals surface area contributed by atoms with E-state index in [-0.39, 0.29) is 0 Å². The Kier molecular flexibility index (Phi) is 4.08. The molecule has 1 amide bonds. The molecule has 2 aliphatic heterocycles. The summed E-state index contributed by atoms with van der Waals surface area (Å²) in [6.45, 7) is 4.02. The Labute approximate surface area is 115 Å². The fourth-order valence-corrected chi connectivity index (χ4v) is 4.22. The number of hydrogen-bond acceptors (Lipinski definition) is 3. The smallest absolute Gasteiger partial charge is 0.222 e. The van der Waals surface area contributed by atoms with Crippen LogP contribution in [-0.2, 0) is 9.53 Å². The highest BCUT2D eigenvalue weighted by Gasteiger charge is 2.43. The van der Waals surface area contributed by atoms with Crippen molar-refractivity contribution in [2.45, 2.75) is 38.2 Å². The molecule has 3 aliphatic rings. The Morgan fingerprint density at radius 2 is 1.79 bits per heavy atom. The third-order valence-corrected chi connectivity index (χ3v) is 5.29. The quantitative estimate of drug-likeness (QED) is 0.836. The number of nitrogens with one attached hydrogen (secondary N) is 1. The fraction of sp³-hybridized carbons (Fsp3) is 0.933. The molecule has 1 N–H and O–H groups in total. The first-order chi connectivity index (χ1) is 9.28. The van der Waals surface area contributed by atoms with E-state index in [2.05, 4.69) is 10.2 Å². The summed E-state index contributed by atoms with van der Waals surface area (Å²) >= 11 is 0. The second-order valence-electron chi connectivity index (χ2n) is 6.49. The molecule has 0 radical (unpaired) electrons. The van der Waals surface area contributed by atoms with E-state index >= 15 is 0 Å². The summed E-state index contributed by atoms with van der Waals surface area (Å²) in [6, 6.07) is 0. The minimum atomic E-state index is 0.387. The zero-order valence-corrected chi connectivity index (χ0v) is 11.9. The maximum atomic E-state index is 12.4. The van der Waals surface area contributed by atoms with Crippen LogP contribution in [-0.4, -0.2) is 50.2 Å². The van der Waals surface area contributed by atoms with Gasteiger partial charge in [0.05, 0.1) is 6.10 Å². The van der Waals surface area contributed by atoms with Crippen molar-refractivity contribution in [2.75, 3.05) is 33.3 Å². The molecule has 3 fully saturated rings. The Morgan fingerprint density at radius 3 is 2.37 bits per heavy atom. The number of methoxy groups -OCH3 is 1. The molecular weight excluding hydrogens is 240 g/mol. The van der Waals surface area contributed by atoms with E-state index in [1.54, 1.807) is 0 Å². The molecular formula is C15H26N2O2. The van der Waals surface area contributed by atoms with Gasteiger partial charge >= 0.3 is 0 Å². The topological polar surface area (TPSA) is 41.6 Å². The van der Waals surface area contributed by atoms with E-state index in [0.29, 0.717) is 29.8 Å². The lowest BCUT2D eigenvalue weighted by atomic mass is 9.91. The molecule has 2 bridgehead atoms. The number of rotatable bonds is 3. The van der Waals surface area contributed by atoms with Gasteiger partial charge in [0.1, 0.15) is 0 Å². The first kappa shape index (κ1) is 13.4. The van der Waals surface area contributed by atoms with Gasteiger partial charge in [0.25, 0.3) is 0 Å². The molecule has 0 aromatic heterocycles. The number of amides is 1. The molecule has 0 aromatic rings. The average Bonchev–Trinajstić information content (AvgIpc) is 2.68. The van der Waals surface area contributed by atoms with Gasteiger partial charge < -0.3 is 15.0 Å². The van der Waals surface area contributed by atoms with Crippen LogP contribution in [0.3, 0.4) is 0 Å². The molecule has 2 saturated heterocycles. The highest BCUT2D eigenvalue weighted by molar-refractivity contribution is 5.76. The van der Waals surface area contributed by atoms with Crippen molar-refractivity contribution >= 4 is 5.91 Å². The normalized spacial score (nSPS) is 35.6. The van der Waals surface area contributed by atoms with Crippen molar-refractivity contribution in [1.82, 2.24) is 10.2 Å². The SMILES string of the molecule is COC1[C@@H]2CC[C@H]1CN(C(=O)CC1CCNCC1)C2. The minimum Gasteiger partial charge on any atom is -0.381 e. The largest absolute Gasteiger partial charge is 0.381 e. The average molecular weight is 266 g/mol. The Balaban J connectivity index is 1.54. The standard InChI is InChI=1S/C15H26N2O2/c1-19-15-12-2-3-13(15)10-17(9-12)14(18)8-11-4-6-16-7-5-11/h11-13,15-16H,2-10H2,1H3/t12-,13+,15?. The molecule has 0 aromatic carbocycles. The number of likely N-dealkylation sites (tertiary alicyclic amines) is 1. The van der Waals surface area contributed by atoms with Gasteiger partial charge in [-0.25, -0.2) is 0 Å². The molecule has 4 nitrogen and oxygen atoms in total. The Morgan fingerprint density at radius 1 is 1.16 bits per heavy atom. The van der Waals surface area contributed by atoms with Crippen LogP contribution in [0.25, 0.3) is 0 Å². The van der Waals surface area contributed by atoms with Crippen molar-refractivity contribution in [3.05, 3.63) is 0 Å². The van der Waals surface area contributed by atoms with Crippen molar-refractivity contribution in [3.8, 4) is 0 Å². The zero-order chi connectivity index (χ0) is 13.2. The van der Waals surface area contributed by atoms with Crippen molar-refractivity contribution < 1.29 is 9.53 Å². The molecule has 2 heterocycles. The van der Waals surface area contributed by atoms with Crippen molar-refractivity contribution in [3.63, 3.8) is 0 Å². The van der Waals surface area contributed by atoms with Gasteiger partial charge in [-0.15, -0.1) is 0 Å². The summed E-state index contributed by atoms with van der Waals surface area (Å²) in [4.78, 5) is 14.6. The van der Waals surface area contributed by atoms with Crippen LogP contribution in [0.2, 0.25) is 0 Å². The van der Waals surface area contributed by atoms with E-state index in [4.69, 9.17) is 4.74 Å². The van der Waals surface area contributed by atoms with Crippen molar-refractivity contribution in [2.24, 2.45) is 17.8 Å². The number of carbonyl (C=O) groups is 1. The summed E-state index contributed by atoms with van der Waals surface area (Å²) < 4.78 is 5.61. The summed E-state index contributed by atoms with van der Waals surface area (Å²) in [5.41, 5.74) is 0. The second-order valence-corrected chi connectivity index (χ2v) is 6.49. The second kappa shape index (κ2) is 5.80. The molecule has 0 spiro atoms. The minimum absolute atomic E-state index is 0.387. The van der Waals surface area contributed by atoms with Crippen LogP contribution >= 0.6 is 0 Å². The van der Waals surface area contributed by atoms with E-state index in [1.165, 1.54) is 12.8 Å². The van der Waals surface area contributed by atoms with Crippen LogP contribution in [0.15, 0.2) is 0 Å². The highest BCUT2D eigenvalue weighted by atomic mass is 16.5. The molecule has 3 atom stereocenters. The molecule has 108 valence electrons. The molecule has 1 saturated carbocycles. The first-order valence-corrected chi connectivity index (χ1v) is 7.79. The molecule has 4 heteroatoms. The molecule has 1 unspecified atom stereocenters. The van der Waals surface area contributed by atoms with Crippen LogP contribution in [0, 0.1) is 17.8 Å². The third kappa shape index (κ3) is 2.79. The third-order valence-electron chi connectivity index (χ3n) is 5.29. The van der Waals surface area contributed by atoms with Gasteiger partial charge in [-0.3, -0.25) is 4.79 Å². The Bertz CT molecular complexity index is 314. The number of nitrogens with zero attached hydrogens (tertiary/aromatic N) is 1. The summed E-state index contributed by atoms with van der Waals surface area (Å²) in [5.74, 6) is 2.16. The fourth-order valence-electron chi connectivity index (χ4n) is 4.22. The summed E-state index contributed by atoms with van der Waals surface area (Å²) in [5, 5.41) is 3.36. The van der Waals surface area contributed by atoms with Gasteiger partial charge in [0, 0.05) is 38.5 Å². The maximum Gasteiger partial charge on any atom is 0.222 e. The number of carbonyl (C=O) groups excluding carboxylic acids is 1. The number of fused-ring (bicyclic) bond motifs is 2. The van der Waals surface area contributed by atoms with Gasteiger partial charge in [0.2, 0.25) is 5.91 Å². The van der Waals surface area contributed by atoms with Crippen LogP contribution in [0.5, 0.6) is 0 Å². The molecule has 19 heavy (non-hydrogen) atoms. The van der Waals surface area contributed by atoms with E-state index in [0.717, 1.165) is 45.4 Å². The number of piperidine rings is 2. The summed E-state index contributed by atoms with van der Waals surface area (Å²) in [7, 11) is 1.82. The summed E-state index contributed by atoms with van der Waals surface area (Å²) in [6.07, 6.45) is 5.96. The Hall–Kier alpha value is -0.610. The van der Waals surface area contributed by atoms with E-state index in [1.807, 2.05) is 7.11 Å². The predicted molar refractivity (Wildman–Crippen MR) is 73.8 cm³/mol. The van der Waals surface area contributed by atoms with E-state index in [9.17, 15) is 4.79 Å². The van der Waals surface area contributed by atoms with Crippen LogP contribution < -0.4 is 5.32 Å². The maximum absolute atomic E-state index is 12.4. The first-order valence-electron chi connectivity index (χ1n) is 7.79. The number of ether oxygens (including phenoxy) is 1. The lowest BCUT2D eigenvalue weighted by Crippen LogP contribution is -2.48. The highest BCUT2D eigenvalue weighted by Crippen LogP contribution is 2.39. The number of hydrogen-bond donors (Lipinski definition) is 1.